The van der Waals surface area contributed by atoms with Gasteiger partial charge in [-0.3, -0.25) is 13.9 Å². The van der Waals surface area contributed by atoms with E-state index in [0.29, 0.717) is 23.7 Å². The highest BCUT2D eigenvalue weighted by Crippen LogP contribution is 2.19. The molecule has 0 aliphatic rings. The summed E-state index contributed by atoms with van der Waals surface area (Å²) in [5, 5.41) is 3.48. The summed E-state index contributed by atoms with van der Waals surface area (Å²) in [5.41, 5.74) is 1.41. The predicted molar refractivity (Wildman–Crippen MR) is 137 cm³/mol. The number of halogens is 1. The summed E-state index contributed by atoms with van der Waals surface area (Å²) in [4.78, 5) is 27.4. The summed E-state index contributed by atoms with van der Waals surface area (Å²) in [6, 6.07) is 15.3. The third kappa shape index (κ3) is 8.65. The van der Waals surface area contributed by atoms with Crippen LogP contribution in [-0.4, -0.2) is 50.5 Å². The van der Waals surface area contributed by atoms with Crippen molar-refractivity contribution >= 4 is 39.1 Å². The van der Waals surface area contributed by atoms with Crippen LogP contribution in [-0.2, 0) is 26.2 Å². The Morgan fingerprint density at radius 1 is 1.03 bits per heavy atom. The minimum absolute atomic E-state index is 0.110. The lowest BCUT2D eigenvalue weighted by Crippen LogP contribution is -2.47. The van der Waals surface area contributed by atoms with Crippen LogP contribution in [0.5, 0.6) is 0 Å². The summed E-state index contributed by atoms with van der Waals surface area (Å²) < 4.78 is 25.9. The largest absolute Gasteiger partial charge is 0.354 e. The third-order valence-corrected chi connectivity index (χ3v) is 6.91. The van der Waals surface area contributed by atoms with Gasteiger partial charge in [-0.25, -0.2) is 8.42 Å². The average molecular weight is 508 g/mol. The van der Waals surface area contributed by atoms with Gasteiger partial charge < -0.3 is 10.2 Å². The normalized spacial score (nSPS) is 12.1. The van der Waals surface area contributed by atoms with E-state index in [1.54, 1.807) is 43.3 Å². The van der Waals surface area contributed by atoms with Gasteiger partial charge in [-0.1, -0.05) is 55.3 Å². The zero-order valence-electron chi connectivity index (χ0n) is 20.0. The van der Waals surface area contributed by atoms with Gasteiger partial charge in [0.05, 0.1) is 11.9 Å². The van der Waals surface area contributed by atoms with Gasteiger partial charge in [-0.2, -0.15) is 0 Å². The lowest BCUT2D eigenvalue weighted by atomic mass is 10.1. The van der Waals surface area contributed by atoms with E-state index in [2.05, 4.69) is 5.32 Å². The number of unbranched alkanes of at least 4 members (excludes halogenated alkanes) is 1. The molecule has 2 aromatic carbocycles. The lowest BCUT2D eigenvalue weighted by molar-refractivity contribution is -0.140. The fourth-order valence-corrected chi connectivity index (χ4v) is 4.59. The summed E-state index contributed by atoms with van der Waals surface area (Å²) >= 11 is 5.98. The van der Waals surface area contributed by atoms with Crippen molar-refractivity contribution in [3.8, 4) is 0 Å². The first-order valence-electron chi connectivity index (χ1n) is 11.5. The van der Waals surface area contributed by atoms with Crippen LogP contribution in [0.1, 0.15) is 45.1 Å². The molecule has 34 heavy (non-hydrogen) atoms. The first kappa shape index (κ1) is 27.7. The molecule has 0 bridgehead atoms. The van der Waals surface area contributed by atoms with Crippen molar-refractivity contribution in [2.75, 3.05) is 23.7 Å². The number of nitrogens with zero attached hydrogens (tertiary/aromatic N) is 2. The van der Waals surface area contributed by atoms with Gasteiger partial charge >= 0.3 is 0 Å². The van der Waals surface area contributed by atoms with Gasteiger partial charge in [0.1, 0.15) is 6.04 Å². The fraction of sp³-hybridized carbons (Fsp3) is 0.440. The van der Waals surface area contributed by atoms with Crippen LogP contribution in [0.3, 0.4) is 0 Å². The molecular weight excluding hydrogens is 474 g/mol. The maximum Gasteiger partial charge on any atom is 0.242 e. The number of rotatable bonds is 13. The van der Waals surface area contributed by atoms with Crippen LogP contribution in [0, 0.1) is 0 Å². The Kier molecular flexibility index (Phi) is 10.9. The van der Waals surface area contributed by atoms with E-state index in [-0.39, 0.29) is 31.3 Å². The summed E-state index contributed by atoms with van der Waals surface area (Å²) in [6.07, 6.45) is 3.41. The van der Waals surface area contributed by atoms with E-state index >= 15 is 0 Å². The number of hydrogen-bond donors (Lipinski definition) is 1. The number of sulfonamides is 1. The zero-order chi connectivity index (χ0) is 25.1. The van der Waals surface area contributed by atoms with E-state index in [4.69, 9.17) is 11.6 Å². The molecule has 0 heterocycles. The Bertz CT molecular complexity index is 1030. The molecule has 0 unspecified atom stereocenters. The predicted octanol–water partition coefficient (Wildman–Crippen LogP) is 4.22. The highest BCUT2D eigenvalue weighted by Gasteiger charge is 2.26. The molecule has 0 fully saturated rings. The Morgan fingerprint density at radius 2 is 1.68 bits per heavy atom. The van der Waals surface area contributed by atoms with E-state index in [9.17, 15) is 18.0 Å². The molecule has 0 aliphatic carbocycles. The van der Waals surface area contributed by atoms with Crippen LogP contribution in [0.15, 0.2) is 54.6 Å². The molecule has 7 nitrogen and oxygen atoms in total. The molecule has 2 amide bonds. The Hall–Kier alpha value is -2.58. The second kappa shape index (κ2) is 13.3. The second-order valence-electron chi connectivity index (χ2n) is 8.24. The van der Waals surface area contributed by atoms with Crippen molar-refractivity contribution < 1.29 is 18.0 Å². The summed E-state index contributed by atoms with van der Waals surface area (Å²) in [5.74, 6) is -0.424. The van der Waals surface area contributed by atoms with Crippen LogP contribution in [0.4, 0.5) is 5.69 Å². The van der Waals surface area contributed by atoms with Crippen molar-refractivity contribution in [3.63, 3.8) is 0 Å². The van der Waals surface area contributed by atoms with Gasteiger partial charge in [0.15, 0.2) is 0 Å². The molecule has 0 radical (unpaired) electrons. The lowest BCUT2D eigenvalue weighted by Gasteiger charge is -2.29. The zero-order valence-corrected chi connectivity index (χ0v) is 21.6. The number of para-hydroxylation sites is 1. The quantitative estimate of drug-likeness (QED) is 0.411. The van der Waals surface area contributed by atoms with Gasteiger partial charge in [-0.15, -0.1) is 0 Å². The maximum absolute atomic E-state index is 13.2. The second-order valence-corrected chi connectivity index (χ2v) is 10.6. The Morgan fingerprint density at radius 3 is 2.26 bits per heavy atom. The van der Waals surface area contributed by atoms with Crippen LogP contribution in [0.2, 0.25) is 5.02 Å². The molecule has 2 aromatic rings. The van der Waals surface area contributed by atoms with Crippen LogP contribution < -0.4 is 9.62 Å². The van der Waals surface area contributed by atoms with E-state index in [1.807, 2.05) is 25.1 Å². The summed E-state index contributed by atoms with van der Waals surface area (Å²) in [6.45, 7) is 4.74. The third-order valence-electron chi connectivity index (χ3n) is 5.46. The molecular formula is C25H34ClN3O4S. The number of anilines is 1. The van der Waals surface area contributed by atoms with E-state index < -0.39 is 16.1 Å². The molecule has 2 rings (SSSR count). The number of benzene rings is 2. The smallest absolute Gasteiger partial charge is 0.242 e. The molecule has 0 spiro atoms. The van der Waals surface area contributed by atoms with Gasteiger partial charge in [0.25, 0.3) is 0 Å². The van der Waals surface area contributed by atoms with Crippen LogP contribution >= 0.6 is 11.6 Å². The molecule has 0 saturated carbocycles. The van der Waals surface area contributed by atoms with Crippen molar-refractivity contribution in [1.29, 1.82) is 0 Å². The topological polar surface area (TPSA) is 86.8 Å². The van der Waals surface area contributed by atoms with Gasteiger partial charge in [-0.05, 0) is 49.6 Å². The van der Waals surface area contributed by atoms with Crippen molar-refractivity contribution in [2.45, 2.75) is 52.1 Å². The molecule has 1 atom stereocenters. The molecule has 186 valence electrons. The fourth-order valence-electron chi connectivity index (χ4n) is 3.50. The SMILES string of the molecule is CCCCNC(=O)[C@H](C)N(Cc1ccc(Cl)cc1)C(=O)CCCN(c1ccccc1)S(C)(=O)=O. The minimum atomic E-state index is -3.50. The van der Waals surface area contributed by atoms with Crippen molar-refractivity contribution in [1.82, 2.24) is 10.2 Å². The average Bonchev–Trinajstić information content (AvgIpc) is 2.80. The standard InChI is InChI=1S/C25H34ClN3O4S/c1-4-5-17-27-25(31)20(2)28(19-21-13-15-22(26)16-14-21)24(30)12-9-18-29(34(3,32)33)23-10-7-6-8-11-23/h6-8,10-11,13-16,20H,4-5,9,12,17-19H2,1-3H3,(H,27,31)/t20-/m0/s1. The minimum Gasteiger partial charge on any atom is -0.354 e. The van der Waals surface area contributed by atoms with Gasteiger partial charge in [0, 0.05) is 31.1 Å². The monoisotopic (exact) mass is 507 g/mol. The van der Waals surface area contributed by atoms with E-state index in [0.717, 1.165) is 24.7 Å². The van der Waals surface area contributed by atoms with E-state index in [1.165, 1.54) is 9.21 Å². The molecule has 9 heteroatoms. The van der Waals surface area contributed by atoms with Crippen LogP contribution in [0.25, 0.3) is 0 Å². The molecule has 1 N–H and O–H groups in total. The van der Waals surface area contributed by atoms with Crippen molar-refractivity contribution in [3.05, 3.63) is 65.2 Å². The first-order chi connectivity index (χ1) is 16.1. The Balaban J connectivity index is 2.11. The van der Waals surface area contributed by atoms with Gasteiger partial charge in [0.2, 0.25) is 21.8 Å². The maximum atomic E-state index is 13.2. The highest BCUT2D eigenvalue weighted by atomic mass is 35.5. The number of carbonyl (C=O) groups excluding carboxylic acids is 2. The molecule has 0 aliphatic heterocycles. The number of amides is 2. The summed E-state index contributed by atoms with van der Waals surface area (Å²) in [7, 11) is -3.50. The highest BCUT2D eigenvalue weighted by molar-refractivity contribution is 7.92. The number of nitrogens with one attached hydrogen (secondary N) is 1. The molecule has 0 saturated heterocycles. The van der Waals surface area contributed by atoms with Crippen molar-refractivity contribution in [2.24, 2.45) is 0 Å². The number of hydrogen-bond acceptors (Lipinski definition) is 4. The first-order valence-corrected chi connectivity index (χ1v) is 13.7. The Labute approximate surface area is 208 Å². The number of carbonyl (C=O) groups is 2. The molecule has 0 aromatic heterocycles.